The van der Waals surface area contributed by atoms with Gasteiger partial charge in [0.1, 0.15) is 0 Å². The van der Waals surface area contributed by atoms with Crippen LogP contribution in [0.1, 0.15) is 5.69 Å². The number of nitrogens with two attached hydrogens (primary N) is 2. The maximum Gasteiger partial charge on any atom is 0.0818 e. The molecule has 0 atom stereocenters. The van der Waals surface area contributed by atoms with Crippen LogP contribution in [0.25, 0.3) is 0 Å². The summed E-state index contributed by atoms with van der Waals surface area (Å²) in [6, 6.07) is 1.75. The number of pyridine rings is 1. The van der Waals surface area contributed by atoms with Gasteiger partial charge in [-0.15, -0.1) is 0 Å². The molecule has 0 radical (unpaired) electrons. The maximum absolute atomic E-state index is 5.66. The van der Waals surface area contributed by atoms with Crippen molar-refractivity contribution in [1.82, 2.24) is 4.98 Å². The van der Waals surface area contributed by atoms with E-state index in [1.807, 2.05) is 0 Å². The van der Waals surface area contributed by atoms with E-state index in [2.05, 4.69) is 4.98 Å². The van der Waals surface area contributed by atoms with Gasteiger partial charge in [-0.25, -0.2) is 0 Å². The molecule has 0 unspecified atom stereocenters. The zero-order chi connectivity index (χ0) is 8.27. The van der Waals surface area contributed by atoms with Gasteiger partial charge in [-0.05, 0) is 12.6 Å². The molecule has 4 heteroatoms. The highest BCUT2D eigenvalue weighted by atomic mass is 35.5. The van der Waals surface area contributed by atoms with Gasteiger partial charge in [-0.1, -0.05) is 11.6 Å². The predicted octanol–water partition coefficient (Wildman–Crippen LogP) is 0.818. The standard InChI is InChI=1S/C7H10ClN3/c8-6-4-11-5(1-2-9)3-7(6)10/h3-4H,1-2,9H2,(H2,10,11). The number of nitrogen functional groups attached to an aromatic ring is 1. The normalized spacial score (nSPS) is 10.0. The summed E-state index contributed by atoms with van der Waals surface area (Å²) in [6.45, 7) is 0.577. The molecule has 0 saturated carbocycles. The van der Waals surface area contributed by atoms with Gasteiger partial charge in [0.2, 0.25) is 0 Å². The summed E-state index contributed by atoms with van der Waals surface area (Å²) in [5.74, 6) is 0. The molecule has 1 aromatic rings. The van der Waals surface area contributed by atoms with Crippen LogP contribution in [0.2, 0.25) is 5.02 Å². The predicted molar refractivity (Wildman–Crippen MR) is 46.4 cm³/mol. The fourth-order valence-corrected chi connectivity index (χ4v) is 0.888. The smallest absolute Gasteiger partial charge is 0.0818 e. The summed E-state index contributed by atoms with van der Waals surface area (Å²) in [5.41, 5.74) is 12.3. The largest absolute Gasteiger partial charge is 0.397 e. The van der Waals surface area contributed by atoms with Crippen LogP contribution in [0.5, 0.6) is 0 Å². The first-order valence-electron chi connectivity index (χ1n) is 3.34. The average molecular weight is 172 g/mol. The van der Waals surface area contributed by atoms with Gasteiger partial charge in [0.25, 0.3) is 0 Å². The van der Waals surface area contributed by atoms with E-state index in [9.17, 15) is 0 Å². The summed E-state index contributed by atoms with van der Waals surface area (Å²) < 4.78 is 0. The van der Waals surface area contributed by atoms with Crippen molar-refractivity contribution in [2.75, 3.05) is 12.3 Å². The molecule has 0 aliphatic rings. The SMILES string of the molecule is NCCc1cc(N)c(Cl)cn1. The highest BCUT2D eigenvalue weighted by Gasteiger charge is 1.97. The molecule has 60 valence electrons. The molecule has 1 aromatic heterocycles. The molecule has 4 N–H and O–H groups in total. The number of aromatic nitrogens is 1. The van der Waals surface area contributed by atoms with Crippen LogP contribution in [0.15, 0.2) is 12.3 Å². The minimum atomic E-state index is 0.491. The Bertz CT molecular complexity index is 249. The summed E-state index contributed by atoms with van der Waals surface area (Å²) in [4.78, 5) is 4.04. The number of hydrogen-bond donors (Lipinski definition) is 2. The van der Waals surface area contributed by atoms with Crippen molar-refractivity contribution in [3.8, 4) is 0 Å². The molecule has 0 amide bonds. The van der Waals surface area contributed by atoms with Crippen molar-refractivity contribution in [3.63, 3.8) is 0 Å². The topological polar surface area (TPSA) is 64.9 Å². The van der Waals surface area contributed by atoms with E-state index in [0.29, 0.717) is 17.3 Å². The summed E-state index contributed by atoms with van der Waals surface area (Å²) in [7, 11) is 0. The first-order chi connectivity index (χ1) is 5.24. The van der Waals surface area contributed by atoms with Crippen LogP contribution in [0.4, 0.5) is 5.69 Å². The molecule has 3 nitrogen and oxygen atoms in total. The quantitative estimate of drug-likeness (QED) is 0.693. The Balaban J connectivity index is 2.86. The third-order valence-electron chi connectivity index (χ3n) is 1.34. The molecule has 11 heavy (non-hydrogen) atoms. The molecule has 0 fully saturated rings. The zero-order valence-corrected chi connectivity index (χ0v) is 6.80. The lowest BCUT2D eigenvalue weighted by Gasteiger charge is -2.00. The van der Waals surface area contributed by atoms with E-state index in [-0.39, 0.29) is 0 Å². The van der Waals surface area contributed by atoms with Gasteiger partial charge in [-0.2, -0.15) is 0 Å². The number of rotatable bonds is 2. The first-order valence-corrected chi connectivity index (χ1v) is 3.72. The number of nitrogens with zero attached hydrogens (tertiary/aromatic N) is 1. The number of hydrogen-bond acceptors (Lipinski definition) is 3. The molecule has 0 spiro atoms. The summed E-state index contributed by atoms with van der Waals surface area (Å²) in [6.07, 6.45) is 2.28. The lowest BCUT2D eigenvalue weighted by atomic mass is 10.2. The van der Waals surface area contributed by atoms with Crippen molar-refractivity contribution in [2.45, 2.75) is 6.42 Å². The van der Waals surface area contributed by atoms with E-state index in [1.54, 1.807) is 12.3 Å². The summed E-state index contributed by atoms with van der Waals surface area (Å²) in [5, 5.41) is 0.491. The lowest BCUT2D eigenvalue weighted by Crippen LogP contribution is -2.04. The Hall–Kier alpha value is -0.800. The second-order valence-corrected chi connectivity index (χ2v) is 2.64. The van der Waals surface area contributed by atoms with E-state index in [1.165, 1.54) is 0 Å². The van der Waals surface area contributed by atoms with Crippen molar-refractivity contribution >= 4 is 17.3 Å². The van der Waals surface area contributed by atoms with Gasteiger partial charge >= 0.3 is 0 Å². The molecular formula is C7H10ClN3. The fourth-order valence-electron chi connectivity index (χ4n) is 0.784. The van der Waals surface area contributed by atoms with Crippen molar-refractivity contribution in [2.24, 2.45) is 5.73 Å². The third kappa shape index (κ3) is 2.06. The van der Waals surface area contributed by atoms with Gasteiger partial charge in [-0.3, -0.25) is 4.98 Å². The number of anilines is 1. The molecule has 0 aromatic carbocycles. The van der Waals surface area contributed by atoms with Crippen LogP contribution in [0.3, 0.4) is 0 Å². The Kier molecular flexibility index (Phi) is 2.68. The van der Waals surface area contributed by atoms with E-state index >= 15 is 0 Å². The molecule has 0 aliphatic carbocycles. The molecular weight excluding hydrogens is 162 g/mol. The lowest BCUT2D eigenvalue weighted by molar-refractivity contribution is 0.924. The second-order valence-electron chi connectivity index (χ2n) is 2.24. The molecule has 1 rings (SSSR count). The first kappa shape index (κ1) is 8.30. The van der Waals surface area contributed by atoms with Crippen LogP contribution in [-0.2, 0) is 6.42 Å². The second kappa shape index (κ2) is 3.55. The molecule has 0 bridgehead atoms. The average Bonchev–Trinajstić information content (AvgIpc) is 1.98. The minimum Gasteiger partial charge on any atom is -0.397 e. The molecule has 0 aliphatic heterocycles. The van der Waals surface area contributed by atoms with Crippen LogP contribution in [0, 0.1) is 0 Å². The third-order valence-corrected chi connectivity index (χ3v) is 1.66. The molecule has 0 saturated heterocycles. The van der Waals surface area contributed by atoms with Gasteiger partial charge in [0.15, 0.2) is 0 Å². The van der Waals surface area contributed by atoms with Crippen molar-refractivity contribution < 1.29 is 0 Å². The molecule has 1 heterocycles. The Morgan fingerprint density at radius 2 is 2.27 bits per heavy atom. The maximum atomic E-state index is 5.66. The highest BCUT2D eigenvalue weighted by Crippen LogP contribution is 2.16. The Morgan fingerprint density at radius 1 is 1.55 bits per heavy atom. The Morgan fingerprint density at radius 3 is 2.82 bits per heavy atom. The van der Waals surface area contributed by atoms with Gasteiger partial charge in [0.05, 0.1) is 10.7 Å². The monoisotopic (exact) mass is 171 g/mol. The van der Waals surface area contributed by atoms with Crippen LogP contribution in [-0.4, -0.2) is 11.5 Å². The van der Waals surface area contributed by atoms with Crippen LogP contribution >= 0.6 is 11.6 Å². The van der Waals surface area contributed by atoms with Crippen molar-refractivity contribution in [1.29, 1.82) is 0 Å². The minimum absolute atomic E-state index is 0.491. The highest BCUT2D eigenvalue weighted by molar-refractivity contribution is 6.32. The van der Waals surface area contributed by atoms with Crippen LogP contribution < -0.4 is 11.5 Å². The van der Waals surface area contributed by atoms with Gasteiger partial charge < -0.3 is 11.5 Å². The number of halogens is 1. The van der Waals surface area contributed by atoms with Crippen molar-refractivity contribution in [3.05, 3.63) is 23.0 Å². The summed E-state index contributed by atoms with van der Waals surface area (Å²) >= 11 is 5.66. The fraction of sp³-hybridized carbons (Fsp3) is 0.286. The Labute approximate surface area is 70.4 Å². The van der Waals surface area contributed by atoms with E-state index < -0.39 is 0 Å². The van der Waals surface area contributed by atoms with E-state index in [0.717, 1.165) is 12.1 Å². The van der Waals surface area contributed by atoms with E-state index in [4.69, 9.17) is 23.1 Å². The zero-order valence-electron chi connectivity index (χ0n) is 6.05. The van der Waals surface area contributed by atoms with Gasteiger partial charge in [0, 0.05) is 18.3 Å².